The number of amides is 1. The van der Waals surface area contributed by atoms with Crippen LogP contribution in [0, 0.1) is 18.8 Å². The number of aromatic nitrogens is 1. The van der Waals surface area contributed by atoms with E-state index in [9.17, 15) is 13.2 Å². The largest absolute Gasteiger partial charge is 0.423 e. The lowest BCUT2D eigenvalue weighted by Crippen LogP contribution is -2.39. The zero-order valence-electron chi connectivity index (χ0n) is 20.3. The van der Waals surface area contributed by atoms with E-state index in [1.54, 1.807) is 24.3 Å². The molecule has 3 heterocycles. The van der Waals surface area contributed by atoms with E-state index in [4.69, 9.17) is 16.0 Å². The Morgan fingerprint density at radius 3 is 2.56 bits per heavy atom. The van der Waals surface area contributed by atoms with Gasteiger partial charge in [0, 0.05) is 44.2 Å². The number of halogens is 1. The molecule has 2 aromatic carbocycles. The van der Waals surface area contributed by atoms with Crippen LogP contribution < -0.4 is 10.2 Å². The zero-order chi connectivity index (χ0) is 25.3. The van der Waals surface area contributed by atoms with Crippen LogP contribution in [-0.2, 0) is 14.8 Å². The summed E-state index contributed by atoms with van der Waals surface area (Å²) in [6, 6.07) is 12.9. The fourth-order valence-electron chi connectivity index (χ4n) is 4.99. The first-order chi connectivity index (χ1) is 17.3. The number of rotatable bonds is 7. The van der Waals surface area contributed by atoms with E-state index in [1.807, 2.05) is 25.1 Å². The number of fused-ring (bicyclic) bond motifs is 1. The molecule has 1 atom stereocenters. The molecule has 2 aliphatic rings. The first kappa shape index (κ1) is 25.0. The Bertz CT molecular complexity index is 1330. The molecule has 1 unspecified atom stereocenters. The Labute approximate surface area is 216 Å². The van der Waals surface area contributed by atoms with Crippen molar-refractivity contribution in [2.24, 2.45) is 11.8 Å². The van der Waals surface area contributed by atoms with Gasteiger partial charge in [0.1, 0.15) is 5.52 Å². The van der Waals surface area contributed by atoms with E-state index in [2.05, 4.69) is 15.2 Å². The summed E-state index contributed by atoms with van der Waals surface area (Å²) in [5.41, 5.74) is 2.50. The van der Waals surface area contributed by atoms with Crippen LogP contribution in [0.5, 0.6) is 0 Å². The quantitative estimate of drug-likeness (QED) is 0.491. The molecule has 0 saturated carbocycles. The molecule has 8 nitrogen and oxygen atoms in total. The molecule has 3 aromatic rings. The maximum absolute atomic E-state index is 12.9. The summed E-state index contributed by atoms with van der Waals surface area (Å²) in [6.07, 6.45) is 2.92. The number of carbonyl (C=O) groups excluding carboxylic acids is 1. The number of nitrogens with one attached hydrogen (secondary N) is 1. The standard InChI is InChI=1S/C26H31ClN4O4S/c1-18-2-5-22(6-3-18)36(33,34)31-13-10-20(17-31)14-25(32)28-16-19-8-11-30(12-9-19)26-29-23-15-21(27)4-7-24(23)35-26/h2-7,15,19-20H,8-14,16-17H2,1H3,(H,28,32). The highest BCUT2D eigenvalue weighted by atomic mass is 35.5. The number of nitrogens with zero attached hydrogens (tertiary/aromatic N) is 3. The molecule has 0 aliphatic carbocycles. The van der Waals surface area contributed by atoms with Gasteiger partial charge in [-0.2, -0.15) is 9.29 Å². The highest BCUT2D eigenvalue weighted by Crippen LogP contribution is 2.29. The van der Waals surface area contributed by atoms with Gasteiger partial charge in [-0.1, -0.05) is 29.3 Å². The molecule has 1 amide bonds. The van der Waals surface area contributed by atoms with Gasteiger partial charge in [0.2, 0.25) is 15.9 Å². The molecule has 0 spiro atoms. The average molecular weight is 531 g/mol. The van der Waals surface area contributed by atoms with Crippen LogP contribution in [0.15, 0.2) is 51.8 Å². The van der Waals surface area contributed by atoms with Gasteiger partial charge in [-0.3, -0.25) is 4.79 Å². The number of hydrogen-bond donors (Lipinski definition) is 1. The van der Waals surface area contributed by atoms with Gasteiger partial charge < -0.3 is 14.6 Å². The second kappa shape index (κ2) is 10.4. The van der Waals surface area contributed by atoms with E-state index in [-0.39, 0.29) is 11.8 Å². The van der Waals surface area contributed by atoms with Crippen molar-refractivity contribution >= 4 is 44.6 Å². The number of oxazole rings is 1. The van der Waals surface area contributed by atoms with Crippen LogP contribution in [0.4, 0.5) is 6.01 Å². The van der Waals surface area contributed by atoms with Crippen molar-refractivity contribution in [3.63, 3.8) is 0 Å². The van der Waals surface area contributed by atoms with Gasteiger partial charge in [-0.05, 0) is 68.4 Å². The number of aryl methyl sites for hydroxylation is 1. The second-order valence-electron chi connectivity index (χ2n) is 9.88. The Hall–Kier alpha value is -2.62. The summed E-state index contributed by atoms with van der Waals surface area (Å²) in [7, 11) is -3.52. The van der Waals surface area contributed by atoms with E-state index in [0.29, 0.717) is 54.3 Å². The van der Waals surface area contributed by atoms with Crippen molar-refractivity contribution in [3.05, 3.63) is 53.1 Å². The molecule has 10 heteroatoms. The topological polar surface area (TPSA) is 95.8 Å². The van der Waals surface area contributed by atoms with Crippen molar-refractivity contribution < 1.29 is 17.6 Å². The smallest absolute Gasteiger partial charge is 0.298 e. The highest BCUT2D eigenvalue weighted by molar-refractivity contribution is 7.89. The summed E-state index contributed by atoms with van der Waals surface area (Å²) < 4.78 is 33.2. The summed E-state index contributed by atoms with van der Waals surface area (Å²) in [6.45, 7) is 5.03. The average Bonchev–Trinajstić information content (AvgIpc) is 3.51. The van der Waals surface area contributed by atoms with Gasteiger partial charge in [0.05, 0.1) is 4.90 Å². The number of piperidine rings is 1. The molecular weight excluding hydrogens is 500 g/mol. The van der Waals surface area contributed by atoms with Gasteiger partial charge in [0.25, 0.3) is 6.01 Å². The minimum Gasteiger partial charge on any atom is -0.423 e. The molecule has 5 rings (SSSR count). The molecule has 1 N–H and O–H groups in total. The molecule has 0 bridgehead atoms. The van der Waals surface area contributed by atoms with Crippen LogP contribution in [-0.4, -0.2) is 56.3 Å². The predicted octanol–water partition coefficient (Wildman–Crippen LogP) is 4.22. The van der Waals surface area contributed by atoms with Gasteiger partial charge in [-0.15, -0.1) is 0 Å². The number of hydrogen-bond acceptors (Lipinski definition) is 6. The van der Waals surface area contributed by atoms with Crippen LogP contribution in [0.2, 0.25) is 5.02 Å². The first-order valence-electron chi connectivity index (χ1n) is 12.4. The first-order valence-corrected chi connectivity index (χ1v) is 14.2. The number of anilines is 1. The third kappa shape index (κ3) is 5.53. The Morgan fingerprint density at radius 2 is 1.81 bits per heavy atom. The Morgan fingerprint density at radius 1 is 1.08 bits per heavy atom. The van der Waals surface area contributed by atoms with Crippen LogP contribution >= 0.6 is 11.6 Å². The van der Waals surface area contributed by atoms with Gasteiger partial charge >= 0.3 is 0 Å². The number of carbonyl (C=O) groups is 1. The lowest BCUT2D eigenvalue weighted by Gasteiger charge is -2.31. The molecule has 36 heavy (non-hydrogen) atoms. The van der Waals surface area contributed by atoms with Gasteiger partial charge in [-0.25, -0.2) is 8.42 Å². The van der Waals surface area contributed by atoms with Crippen molar-refractivity contribution in [1.29, 1.82) is 0 Å². The molecule has 192 valence electrons. The van der Waals surface area contributed by atoms with Crippen LogP contribution in [0.1, 0.15) is 31.2 Å². The van der Waals surface area contributed by atoms with Crippen molar-refractivity contribution in [1.82, 2.24) is 14.6 Å². The summed E-state index contributed by atoms with van der Waals surface area (Å²) in [5.74, 6) is 0.429. The van der Waals surface area contributed by atoms with Gasteiger partial charge in [0.15, 0.2) is 5.58 Å². The molecule has 1 aromatic heterocycles. The summed E-state index contributed by atoms with van der Waals surface area (Å²) in [4.78, 5) is 19.6. The van der Waals surface area contributed by atoms with Crippen LogP contribution in [0.3, 0.4) is 0 Å². The van der Waals surface area contributed by atoms with Crippen molar-refractivity contribution in [2.75, 3.05) is 37.6 Å². The molecule has 0 radical (unpaired) electrons. The van der Waals surface area contributed by atoms with E-state index >= 15 is 0 Å². The SMILES string of the molecule is Cc1ccc(S(=O)(=O)N2CCC(CC(=O)NCC3CCN(c4nc5cc(Cl)ccc5o4)CC3)C2)cc1. The Kier molecular flexibility index (Phi) is 7.23. The van der Waals surface area contributed by atoms with E-state index < -0.39 is 10.0 Å². The number of benzene rings is 2. The molecular formula is C26H31ClN4O4S. The molecule has 2 aliphatic heterocycles. The summed E-state index contributed by atoms with van der Waals surface area (Å²) >= 11 is 6.04. The zero-order valence-corrected chi connectivity index (χ0v) is 21.9. The van der Waals surface area contributed by atoms with Crippen LogP contribution in [0.25, 0.3) is 11.1 Å². The lowest BCUT2D eigenvalue weighted by atomic mass is 9.96. The van der Waals surface area contributed by atoms with E-state index in [0.717, 1.165) is 42.6 Å². The van der Waals surface area contributed by atoms with Crippen molar-refractivity contribution in [2.45, 2.75) is 37.5 Å². The predicted molar refractivity (Wildman–Crippen MR) is 140 cm³/mol. The third-order valence-electron chi connectivity index (χ3n) is 7.19. The highest BCUT2D eigenvalue weighted by Gasteiger charge is 2.33. The second-order valence-corrected chi connectivity index (χ2v) is 12.3. The maximum Gasteiger partial charge on any atom is 0.298 e. The minimum absolute atomic E-state index is 0.00663. The summed E-state index contributed by atoms with van der Waals surface area (Å²) in [5, 5.41) is 3.71. The molecule has 2 saturated heterocycles. The lowest BCUT2D eigenvalue weighted by molar-refractivity contribution is -0.122. The normalized spacial score (nSPS) is 19.7. The minimum atomic E-state index is -3.52. The fourth-order valence-corrected chi connectivity index (χ4v) is 6.68. The van der Waals surface area contributed by atoms with E-state index in [1.165, 1.54) is 4.31 Å². The third-order valence-corrected chi connectivity index (χ3v) is 9.31. The van der Waals surface area contributed by atoms with Crippen molar-refractivity contribution in [3.8, 4) is 0 Å². The maximum atomic E-state index is 12.9. The number of sulfonamides is 1. The molecule has 2 fully saturated rings. The Balaban J connectivity index is 1.06. The fraction of sp³-hybridized carbons (Fsp3) is 0.462. The monoisotopic (exact) mass is 530 g/mol.